The van der Waals surface area contributed by atoms with Gasteiger partial charge in [0.15, 0.2) is 0 Å². The van der Waals surface area contributed by atoms with Gasteiger partial charge in [0.2, 0.25) is 0 Å². The maximum absolute atomic E-state index is 12.8. The molecule has 0 unspecified atom stereocenters. The standard InChI is InChI=1S/C16H22FN/c1-2-16(7-8-16)11-18-15-9-13(10-15)12-3-5-14(17)6-4-12/h3-6,13,15,18H,2,7-11H2,1H3. The predicted molar refractivity (Wildman–Crippen MR) is 72.1 cm³/mol. The van der Waals surface area contributed by atoms with Gasteiger partial charge in [0, 0.05) is 12.6 Å². The Kier molecular flexibility index (Phi) is 3.14. The summed E-state index contributed by atoms with van der Waals surface area (Å²) in [5.74, 6) is 0.506. The third kappa shape index (κ3) is 2.44. The van der Waals surface area contributed by atoms with E-state index in [0.29, 0.717) is 17.4 Å². The summed E-state index contributed by atoms with van der Waals surface area (Å²) in [7, 11) is 0. The van der Waals surface area contributed by atoms with E-state index in [-0.39, 0.29) is 5.82 Å². The smallest absolute Gasteiger partial charge is 0.123 e. The lowest BCUT2D eigenvalue weighted by molar-refractivity contribution is 0.268. The van der Waals surface area contributed by atoms with E-state index in [1.54, 1.807) is 12.1 Å². The van der Waals surface area contributed by atoms with Gasteiger partial charge in [0.25, 0.3) is 0 Å². The maximum Gasteiger partial charge on any atom is 0.123 e. The van der Waals surface area contributed by atoms with Crippen LogP contribution in [-0.2, 0) is 0 Å². The first kappa shape index (κ1) is 12.2. The Bertz CT molecular complexity index is 402. The molecule has 2 saturated carbocycles. The first-order chi connectivity index (χ1) is 8.71. The van der Waals surface area contributed by atoms with Gasteiger partial charge in [-0.25, -0.2) is 4.39 Å². The fourth-order valence-corrected chi connectivity index (χ4v) is 2.98. The predicted octanol–water partition coefficient (Wildman–Crippen LogP) is 3.85. The van der Waals surface area contributed by atoms with Crippen molar-refractivity contribution in [2.75, 3.05) is 6.54 Å². The molecule has 0 bridgehead atoms. The highest BCUT2D eigenvalue weighted by molar-refractivity contribution is 5.23. The number of rotatable bonds is 5. The highest BCUT2D eigenvalue weighted by Gasteiger charge is 2.41. The summed E-state index contributed by atoms with van der Waals surface area (Å²) < 4.78 is 12.8. The van der Waals surface area contributed by atoms with Crippen LogP contribution < -0.4 is 5.32 Å². The van der Waals surface area contributed by atoms with E-state index in [2.05, 4.69) is 12.2 Å². The molecule has 0 saturated heterocycles. The summed E-state index contributed by atoms with van der Waals surface area (Å²) in [6.45, 7) is 3.50. The van der Waals surface area contributed by atoms with Gasteiger partial charge in [0.05, 0.1) is 0 Å². The molecule has 0 amide bonds. The molecule has 98 valence electrons. The quantitative estimate of drug-likeness (QED) is 0.833. The van der Waals surface area contributed by atoms with E-state index < -0.39 is 0 Å². The minimum absolute atomic E-state index is 0.133. The van der Waals surface area contributed by atoms with Crippen LogP contribution in [-0.4, -0.2) is 12.6 Å². The monoisotopic (exact) mass is 247 g/mol. The van der Waals surface area contributed by atoms with Gasteiger partial charge in [-0.1, -0.05) is 19.1 Å². The van der Waals surface area contributed by atoms with Gasteiger partial charge in [-0.05, 0) is 61.1 Å². The summed E-state index contributed by atoms with van der Waals surface area (Å²) in [5, 5.41) is 3.71. The number of hydrogen-bond donors (Lipinski definition) is 1. The second kappa shape index (κ2) is 4.65. The van der Waals surface area contributed by atoms with Crippen molar-refractivity contribution in [3.8, 4) is 0 Å². The van der Waals surface area contributed by atoms with Crippen molar-refractivity contribution in [1.29, 1.82) is 0 Å². The zero-order valence-electron chi connectivity index (χ0n) is 11.1. The molecule has 1 nitrogen and oxygen atoms in total. The molecule has 2 aliphatic rings. The SMILES string of the molecule is CCC1(CNC2CC(c3ccc(F)cc3)C2)CC1. The van der Waals surface area contributed by atoms with E-state index in [9.17, 15) is 4.39 Å². The Morgan fingerprint density at radius 3 is 2.44 bits per heavy atom. The lowest BCUT2D eigenvalue weighted by atomic mass is 9.75. The van der Waals surface area contributed by atoms with E-state index >= 15 is 0 Å². The van der Waals surface area contributed by atoms with E-state index in [4.69, 9.17) is 0 Å². The lowest BCUT2D eigenvalue weighted by Gasteiger charge is -2.37. The molecule has 1 N–H and O–H groups in total. The van der Waals surface area contributed by atoms with Gasteiger partial charge >= 0.3 is 0 Å². The Hall–Kier alpha value is -0.890. The van der Waals surface area contributed by atoms with Crippen LogP contribution in [0.2, 0.25) is 0 Å². The number of nitrogens with one attached hydrogen (secondary N) is 1. The van der Waals surface area contributed by atoms with Crippen molar-refractivity contribution in [2.24, 2.45) is 5.41 Å². The molecule has 0 spiro atoms. The fraction of sp³-hybridized carbons (Fsp3) is 0.625. The van der Waals surface area contributed by atoms with Gasteiger partial charge < -0.3 is 5.32 Å². The molecule has 0 aliphatic heterocycles. The van der Waals surface area contributed by atoms with Crippen molar-refractivity contribution in [1.82, 2.24) is 5.32 Å². The highest BCUT2D eigenvalue weighted by atomic mass is 19.1. The number of benzene rings is 1. The zero-order valence-corrected chi connectivity index (χ0v) is 11.1. The summed E-state index contributed by atoms with van der Waals surface area (Å²) in [6, 6.07) is 7.71. The van der Waals surface area contributed by atoms with Gasteiger partial charge in [0.1, 0.15) is 5.82 Å². The second-order valence-corrected chi connectivity index (χ2v) is 6.15. The molecule has 0 radical (unpaired) electrons. The first-order valence-corrected chi connectivity index (χ1v) is 7.20. The number of halogens is 1. The molecule has 18 heavy (non-hydrogen) atoms. The molecule has 2 fully saturated rings. The minimum atomic E-state index is -0.133. The average molecular weight is 247 g/mol. The molecule has 3 rings (SSSR count). The summed E-state index contributed by atoms with van der Waals surface area (Å²) in [6.07, 6.45) is 6.56. The largest absolute Gasteiger partial charge is 0.313 e. The Morgan fingerprint density at radius 1 is 1.22 bits per heavy atom. The summed E-state index contributed by atoms with van der Waals surface area (Å²) >= 11 is 0. The van der Waals surface area contributed by atoms with Crippen molar-refractivity contribution < 1.29 is 4.39 Å². The van der Waals surface area contributed by atoms with Crippen molar-refractivity contribution in [3.63, 3.8) is 0 Å². The Labute approximate surface area is 109 Å². The molecular formula is C16H22FN. The maximum atomic E-state index is 12.8. The van der Waals surface area contributed by atoms with Crippen LogP contribution in [0.5, 0.6) is 0 Å². The topological polar surface area (TPSA) is 12.0 Å². The van der Waals surface area contributed by atoms with Crippen molar-refractivity contribution in [2.45, 2.75) is 51.0 Å². The molecular weight excluding hydrogens is 225 g/mol. The van der Waals surface area contributed by atoms with Crippen molar-refractivity contribution >= 4 is 0 Å². The van der Waals surface area contributed by atoms with E-state index in [0.717, 1.165) is 0 Å². The molecule has 0 atom stereocenters. The second-order valence-electron chi connectivity index (χ2n) is 6.15. The van der Waals surface area contributed by atoms with Crippen LogP contribution in [0.1, 0.15) is 50.5 Å². The van der Waals surface area contributed by atoms with E-state index in [1.807, 2.05) is 12.1 Å². The van der Waals surface area contributed by atoms with E-state index in [1.165, 1.54) is 44.2 Å². The van der Waals surface area contributed by atoms with Gasteiger partial charge in [-0.3, -0.25) is 0 Å². The van der Waals surface area contributed by atoms with Gasteiger partial charge in [-0.15, -0.1) is 0 Å². The third-order valence-corrected chi connectivity index (χ3v) is 4.95. The Balaban J connectivity index is 1.44. The van der Waals surface area contributed by atoms with Crippen LogP contribution in [0, 0.1) is 11.2 Å². The molecule has 1 aromatic rings. The van der Waals surface area contributed by atoms with Crippen LogP contribution >= 0.6 is 0 Å². The minimum Gasteiger partial charge on any atom is -0.313 e. The molecule has 0 aromatic heterocycles. The first-order valence-electron chi connectivity index (χ1n) is 7.20. The lowest BCUT2D eigenvalue weighted by Crippen LogP contribution is -2.42. The van der Waals surface area contributed by atoms with Crippen LogP contribution in [0.4, 0.5) is 4.39 Å². The highest BCUT2D eigenvalue weighted by Crippen LogP contribution is 2.48. The molecule has 1 aromatic carbocycles. The van der Waals surface area contributed by atoms with Crippen LogP contribution in [0.15, 0.2) is 24.3 Å². The summed E-state index contributed by atoms with van der Waals surface area (Å²) in [5.41, 5.74) is 1.94. The average Bonchev–Trinajstić information content (AvgIpc) is 3.10. The molecule has 0 heterocycles. The normalized spacial score (nSPS) is 28.8. The zero-order chi connectivity index (χ0) is 12.6. The third-order valence-electron chi connectivity index (χ3n) is 4.95. The van der Waals surface area contributed by atoms with Gasteiger partial charge in [-0.2, -0.15) is 0 Å². The fourth-order valence-electron chi connectivity index (χ4n) is 2.98. The molecule has 2 heteroatoms. The number of hydrogen-bond acceptors (Lipinski definition) is 1. The van der Waals surface area contributed by atoms with Crippen LogP contribution in [0.3, 0.4) is 0 Å². The Morgan fingerprint density at radius 2 is 1.89 bits per heavy atom. The van der Waals surface area contributed by atoms with Crippen LogP contribution in [0.25, 0.3) is 0 Å². The summed E-state index contributed by atoms with van der Waals surface area (Å²) in [4.78, 5) is 0. The molecule has 2 aliphatic carbocycles. The van der Waals surface area contributed by atoms with Crippen molar-refractivity contribution in [3.05, 3.63) is 35.6 Å².